The molecule has 1 spiro atoms. The van der Waals surface area contributed by atoms with Crippen LogP contribution in [-0.2, 0) is 5.41 Å². The number of aromatic nitrogens is 2. The minimum atomic E-state index is -0.391. The first kappa shape index (κ1) is 28.1. The molecule has 0 atom stereocenters. The van der Waals surface area contributed by atoms with Crippen molar-refractivity contribution in [2.24, 2.45) is 0 Å². The van der Waals surface area contributed by atoms with Gasteiger partial charge in [-0.2, -0.15) is 0 Å². The summed E-state index contributed by atoms with van der Waals surface area (Å²) < 4.78 is 0. The van der Waals surface area contributed by atoms with E-state index in [0.29, 0.717) is 0 Å². The van der Waals surface area contributed by atoms with Crippen LogP contribution in [0, 0.1) is 0 Å². The number of para-hydroxylation sites is 1. The molecule has 0 N–H and O–H groups in total. The third kappa shape index (κ3) is 3.81. The molecule has 0 fully saturated rings. The Morgan fingerprint density at radius 2 is 1.18 bits per heavy atom. The molecule has 3 aliphatic rings. The number of fused-ring (bicyclic) bond motifs is 13. The molecular weight excluding hydrogens is 625 g/mol. The van der Waals surface area contributed by atoms with Crippen LogP contribution in [0.3, 0.4) is 0 Å². The summed E-state index contributed by atoms with van der Waals surface area (Å²) >= 11 is 1.96. The van der Waals surface area contributed by atoms with E-state index in [4.69, 9.17) is 9.97 Å². The number of hydrogen-bond donors (Lipinski definition) is 0. The second kappa shape index (κ2) is 10.6. The summed E-state index contributed by atoms with van der Waals surface area (Å²) in [5.74, 6) is 0.755. The lowest BCUT2D eigenvalue weighted by molar-refractivity contribution is 0.668. The van der Waals surface area contributed by atoms with Crippen LogP contribution in [0.4, 0.5) is 0 Å². The molecule has 7 aromatic carbocycles. The Labute approximate surface area is 294 Å². The van der Waals surface area contributed by atoms with E-state index >= 15 is 0 Å². The van der Waals surface area contributed by atoms with Crippen LogP contribution in [0.25, 0.3) is 60.7 Å². The molecule has 2 heterocycles. The van der Waals surface area contributed by atoms with E-state index in [9.17, 15) is 0 Å². The highest BCUT2D eigenvalue weighted by Crippen LogP contribution is 2.64. The van der Waals surface area contributed by atoms with Crippen LogP contribution >= 0.6 is 11.8 Å². The van der Waals surface area contributed by atoms with Crippen molar-refractivity contribution in [2.75, 3.05) is 0 Å². The smallest absolute Gasteiger partial charge is 0.160 e. The zero-order valence-electron chi connectivity index (χ0n) is 27.2. The maximum Gasteiger partial charge on any atom is 0.160 e. The first-order valence-electron chi connectivity index (χ1n) is 17.4. The van der Waals surface area contributed by atoms with Gasteiger partial charge in [-0.1, -0.05) is 157 Å². The maximum atomic E-state index is 5.27. The summed E-state index contributed by atoms with van der Waals surface area (Å²) in [7, 11) is 0. The van der Waals surface area contributed by atoms with Crippen LogP contribution in [0.5, 0.6) is 0 Å². The fourth-order valence-corrected chi connectivity index (χ4v) is 10.3. The lowest BCUT2D eigenvalue weighted by Gasteiger charge is -2.42. The van der Waals surface area contributed by atoms with Crippen molar-refractivity contribution in [3.8, 4) is 22.6 Å². The lowest BCUT2D eigenvalue weighted by Crippen LogP contribution is -2.33. The lowest BCUT2D eigenvalue weighted by atomic mass is 9.64. The third-order valence-electron chi connectivity index (χ3n) is 11.0. The van der Waals surface area contributed by atoms with E-state index in [2.05, 4.69) is 158 Å². The van der Waals surface area contributed by atoms with E-state index in [-0.39, 0.29) is 0 Å². The van der Waals surface area contributed by atoms with Gasteiger partial charge in [0.05, 0.1) is 16.6 Å². The van der Waals surface area contributed by atoms with Crippen LogP contribution in [0.2, 0.25) is 0 Å². The largest absolute Gasteiger partial charge is 0.228 e. The van der Waals surface area contributed by atoms with Crippen molar-refractivity contribution < 1.29 is 0 Å². The number of hydrogen-bond acceptors (Lipinski definition) is 3. The Morgan fingerprint density at radius 3 is 1.92 bits per heavy atom. The molecule has 8 aromatic rings. The summed E-state index contributed by atoms with van der Waals surface area (Å²) in [5, 5.41) is 6.28. The van der Waals surface area contributed by atoms with Crippen LogP contribution in [-0.4, -0.2) is 9.97 Å². The molecule has 11 rings (SSSR count). The highest BCUT2D eigenvalue weighted by atomic mass is 32.2. The van der Waals surface area contributed by atoms with Gasteiger partial charge in [-0.25, -0.2) is 9.97 Å². The van der Waals surface area contributed by atoms with Gasteiger partial charge in [0.25, 0.3) is 0 Å². The summed E-state index contributed by atoms with van der Waals surface area (Å²) in [6.07, 6.45) is 6.79. The van der Waals surface area contributed by atoms with Crippen molar-refractivity contribution in [1.29, 1.82) is 0 Å². The monoisotopic (exact) mass is 654 g/mol. The first-order chi connectivity index (χ1) is 24.8. The predicted octanol–water partition coefficient (Wildman–Crippen LogP) is 12.2. The molecule has 0 amide bonds. The fraction of sp³-hybridized carbons (Fsp3) is 0.0638. The minimum absolute atomic E-state index is 0.391. The van der Waals surface area contributed by atoms with Crippen LogP contribution in [0.1, 0.15) is 35.1 Å². The van der Waals surface area contributed by atoms with Crippen LogP contribution < -0.4 is 0 Å². The van der Waals surface area contributed by atoms with E-state index in [1.165, 1.54) is 64.7 Å². The van der Waals surface area contributed by atoms with E-state index in [1.54, 1.807) is 0 Å². The fourth-order valence-electron chi connectivity index (χ4n) is 8.88. The van der Waals surface area contributed by atoms with Crippen molar-refractivity contribution in [3.63, 3.8) is 0 Å². The standard InChI is InChI=1S/C47H30N2S/c1-2-14-31(15-3-1)43-36-19-9-11-21-42(36)48-46(49-43)32-24-25-39-37(28-32)35-18-8-10-20-38(35)47(39)40-26-22-29-12-4-6-16-33(29)44(40)50-45-34-17-7-5-13-30(34)23-27-41(45)47/h1-9,11-19,21-28H,10,20H2. The summed E-state index contributed by atoms with van der Waals surface area (Å²) in [6.45, 7) is 0. The molecule has 0 radical (unpaired) electrons. The Bertz CT molecular complexity index is 2710. The molecular formula is C47H30N2S. The van der Waals surface area contributed by atoms with Gasteiger partial charge in [-0.05, 0) is 79.9 Å². The molecule has 0 bridgehead atoms. The molecule has 0 unspecified atom stereocenters. The highest BCUT2D eigenvalue weighted by molar-refractivity contribution is 8.00. The van der Waals surface area contributed by atoms with E-state index in [0.717, 1.165) is 46.4 Å². The second-order valence-corrected chi connectivity index (χ2v) is 14.6. The third-order valence-corrected chi connectivity index (χ3v) is 12.3. The van der Waals surface area contributed by atoms with Crippen molar-refractivity contribution in [3.05, 3.63) is 186 Å². The molecule has 50 heavy (non-hydrogen) atoms. The number of allylic oxidation sites excluding steroid dienone is 4. The molecule has 1 aliphatic heterocycles. The van der Waals surface area contributed by atoms with Gasteiger partial charge in [0.15, 0.2) is 5.82 Å². The Morgan fingerprint density at radius 1 is 0.540 bits per heavy atom. The molecule has 1 aromatic heterocycles. The summed E-state index contributed by atoms with van der Waals surface area (Å²) in [4.78, 5) is 13.2. The van der Waals surface area contributed by atoms with E-state index in [1.807, 2.05) is 11.8 Å². The summed E-state index contributed by atoms with van der Waals surface area (Å²) in [5.41, 5.74) is 12.0. The molecule has 2 aliphatic carbocycles. The van der Waals surface area contributed by atoms with Gasteiger partial charge in [0.2, 0.25) is 0 Å². The van der Waals surface area contributed by atoms with Gasteiger partial charge >= 0.3 is 0 Å². The molecule has 2 nitrogen and oxygen atoms in total. The van der Waals surface area contributed by atoms with Gasteiger partial charge < -0.3 is 0 Å². The highest BCUT2D eigenvalue weighted by Gasteiger charge is 2.52. The number of benzene rings is 7. The van der Waals surface area contributed by atoms with Crippen molar-refractivity contribution in [2.45, 2.75) is 28.0 Å². The number of rotatable bonds is 2. The Kier molecular flexibility index (Phi) is 5.97. The molecule has 234 valence electrons. The average Bonchev–Trinajstić information content (AvgIpc) is 3.47. The van der Waals surface area contributed by atoms with Gasteiger partial charge in [0.1, 0.15) is 0 Å². The normalized spacial score (nSPS) is 15.4. The zero-order valence-corrected chi connectivity index (χ0v) is 28.0. The molecule has 0 saturated heterocycles. The summed E-state index contributed by atoms with van der Waals surface area (Å²) in [6, 6.07) is 53.2. The quantitative estimate of drug-likeness (QED) is 0.185. The van der Waals surface area contributed by atoms with Crippen molar-refractivity contribution >= 4 is 49.8 Å². The first-order valence-corrected chi connectivity index (χ1v) is 18.2. The van der Waals surface area contributed by atoms with Gasteiger partial charge in [-0.15, -0.1) is 0 Å². The van der Waals surface area contributed by atoms with E-state index < -0.39 is 5.41 Å². The minimum Gasteiger partial charge on any atom is -0.228 e. The zero-order chi connectivity index (χ0) is 32.8. The van der Waals surface area contributed by atoms with Crippen molar-refractivity contribution in [1.82, 2.24) is 9.97 Å². The van der Waals surface area contributed by atoms with Gasteiger partial charge in [-0.3, -0.25) is 0 Å². The van der Waals surface area contributed by atoms with Crippen LogP contribution in [0.15, 0.2) is 173 Å². The van der Waals surface area contributed by atoms with Gasteiger partial charge in [0, 0.05) is 26.3 Å². The SMILES string of the molecule is C1=CC2=C(CC1)C1(c3ccc(-c4nc(-c5ccccc5)c5ccccc5n4)cc32)c2ccc3ccccc3c2Sc2c1ccc1ccccc21. The molecule has 0 saturated carbocycles. The second-order valence-electron chi connectivity index (χ2n) is 13.6. The predicted molar refractivity (Wildman–Crippen MR) is 208 cm³/mol. The Balaban J connectivity index is 1.21. The maximum absolute atomic E-state index is 5.27. The topological polar surface area (TPSA) is 25.8 Å². The Hall–Kier alpha value is -5.77. The number of nitrogens with zero attached hydrogens (tertiary/aromatic N) is 2. The molecule has 3 heteroatoms. The average molecular weight is 655 g/mol.